The Morgan fingerprint density at radius 3 is 2.77 bits per heavy atom. The van der Waals surface area contributed by atoms with Crippen LogP contribution in [0.15, 0.2) is 48.5 Å². The van der Waals surface area contributed by atoms with Gasteiger partial charge >= 0.3 is 0 Å². The van der Waals surface area contributed by atoms with Crippen LogP contribution >= 0.6 is 0 Å². The van der Waals surface area contributed by atoms with Crippen LogP contribution in [0.2, 0.25) is 0 Å². The normalized spacial score (nSPS) is 20.3. The molecule has 0 aromatic heterocycles. The molecule has 4 rings (SSSR count). The highest BCUT2D eigenvalue weighted by molar-refractivity contribution is 5.82. The van der Waals surface area contributed by atoms with Crippen molar-refractivity contribution in [3.05, 3.63) is 64.2 Å². The molecule has 1 fully saturated rings. The van der Waals surface area contributed by atoms with Crippen LogP contribution in [0.1, 0.15) is 5.56 Å². The van der Waals surface area contributed by atoms with Crippen molar-refractivity contribution in [3.8, 4) is 0 Å². The quantitative estimate of drug-likeness (QED) is 0.446. The standard InChI is InChI=1S/C22H26N4O4/c1-30-12-9-23-22(27)19-14-16-13-18(26(28)29)7-8-20(16)25-11-10-24(15-21(19)25)17-5-3-2-4-6-17/h2-8,13,19,21H,9-12,14-15H2,1H3,(H,23,27)/t19-,21-/m0/s1. The van der Waals surface area contributed by atoms with Gasteiger partial charge in [-0.3, -0.25) is 14.9 Å². The van der Waals surface area contributed by atoms with Crippen LogP contribution in [0.4, 0.5) is 17.1 Å². The SMILES string of the molecule is COCCNC(=O)[C@H]1Cc2cc([N+](=O)[O-])ccc2N2CCN(c3ccccc3)C[C@@H]12. The third-order valence-corrected chi connectivity index (χ3v) is 5.97. The number of piperazine rings is 1. The van der Waals surface area contributed by atoms with Crippen molar-refractivity contribution in [3.63, 3.8) is 0 Å². The molecule has 0 aliphatic carbocycles. The van der Waals surface area contributed by atoms with Gasteiger partial charge in [0.2, 0.25) is 5.91 Å². The fourth-order valence-corrected chi connectivity index (χ4v) is 4.50. The monoisotopic (exact) mass is 410 g/mol. The highest BCUT2D eigenvalue weighted by Crippen LogP contribution is 2.38. The third-order valence-electron chi connectivity index (χ3n) is 5.97. The second-order valence-corrected chi connectivity index (χ2v) is 7.71. The fraction of sp³-hybridized carbons (Fsp3) is 0.409. The van der Waals surface area contributed by atoms with Gasteiger partial charge in [-0.15, -0.1) is 0 Å². The molecule has 2 aliphatic heterocycles. The van der Waals surface area contributed by atoms with E-state index in [9.17, 15) is 14.9 Å². The zero-order valence-corrected chi connectivity index (χ0v) is 17.0. The van der Waals surface area contributed by atoms with Gasteiger partial charge in [0.1, 0.15) is 0 Å². The zero-order valence-electron chi connectivity index (χ0n) is 17.0. The number of nitrogens with one attached hydrogen (secondary N) is 1. The number of hydrogen-bond acceptors (Lipinski definition) is 6. The fourth-order valence-electron chi connectivity index (χ4n) is 4.50. The summed E-state index contributed by atoms with van der Waals surface area (Å²) in [6.45, 7) is 3.21. The van der Waals surface area contributed by atoms with Crippen LogP contribution in [0.5, 0.6) is 0 Å². The molecule has 2 heterocycles. The second kappa shape index (κ2) is 8.71. The van der Waals surface area contributed by atoms with Gasteiger partial charge in [0.25, 0.3) is 5.69 Å². The van der Waals surface area contributed by atoms with Crippen LogP contribution in [-0.2, 0) is 16.0 Å². The Balaban J connectivity index is 1.64. The number of carbonyl (C=O) groups is 1. The number of nitro benzene ring substituents is 1. The molecule has 30 heavy (non-hydrogen) atoms. The summed E-state index contributed by atoms with van der Waals surface area (Å²) in [7, 11) is 1.60. The topological polar surface area (TPSA) is 87.9 Å². The van der Waals surface area contributed by atoms with Gasteiger partial charge in [-0.25, -0.2) is 0 Å². The lowest BCUT2D eigenvalue weighted by atomic mass is 9.83. The number of rotatable bonds is 6. The molecular formula is C22H26N4O4. The maximum atomic E-state index is 13.1. The first-order valence-corrected chi connectivity index (χ1v) is 10.2. The number of non-ortho nitro benzene ring substituents is 1. The molecule has 8 heteroatoms. The molecule has 0 saturated carbocycles. The summed E-state index contributed by atoms with van der Waals surface area (Å²) >= 11 is 0. The van der Waals surface area contributed by atoms with Gasteiger partial charge in [-0.2, -0.15) is 0 Å². The molecule has 2 aromatic carbocycles. The minimum atomic E-state index is -0.382. The van der Waals surface area contributed by atoms with Crippen molar-refractivity contribution in [1.82, 2.24) is 5.32 Å². The van der Waals surface area contributed by atoms with Crippen molar-refractivity contribution in [1.29, 1.82) is 0 Å². The van der Waals surface area contributed by atoms with Crippen molar-refractivity contribution < 1.29 is 14.5 Å². The maximum absolute atomic E-state index is 13.1. The Bertz CT molecular complexity index is 921. The van der Waals surface area contributed by atoms with Crippen molar-refractivity contribution in [2.75, 3.05) is 49.7 Å². The van der Waals surface area contributed by atoms with Gasteiger partial charge < -0.3 is 19.9 Å². The number of nitro groups is 1. The highest BCUT2D eigenvalue weighted by atomic mass is 16.6. The van der Waals surface area contributed by atoms with Crippen molar-refractivity contribution in [2.24, 2.45) is 5.92 Å². The van der Waals surface area contributed by atoms with E-state index in [1.807, 2.05) is 24.3 Å². The van der Waals surface area contributed by atoms with Crippen LogP contribution in [0.25, 0.3) is 0 Å². The number of hydrogen-bond donors (Lipinski definition) is 1. The maximum Gasteiger partial charge on any atom is 0.269 e. The number of nitrogens with zero attached hydrogens (tertiary/aromatic N) is 3. The van der Waals surface area contributed by atoms with Crippen molar-refractivity contribution in [2.45, 2.75) is 12.5 Å². The van der Waals surface area contributed by atoms with E-state index in [0.717, 1.165) is 36.6 Å². The molecule has 2 atom stereocenters. The van der Waals surface area contributed by atoms with Gasteiger partial charge in [-0.05, 0) is 30.2 Å². The summed E-state index contributed by atoms with van der Waals surface area (Å²) in [4.78, 5) is 28.5. The first-order valence-electron chi connectivity index (χ1n) is 10.2. The summed E-state index contributed by atoms with van der Waals surface area (Å²) in [6.07, 6.45) is 0.486. The minimum absolute atomic E-state index is 0.00421. The Morgan fingerprint density at radius 2 is 2.03 bits per heavy atom. The number of benzene rings is 2. The second-order valence-electron chi connectivity index (χ2n) is 7.71. The van der Waals surface area contributed by atoms with Crippen molar-refractivity contribution >= 4 is 23.0 Å². The van der Waals surface area contributed by atoms with E-state index in [4.69, 9.17) is 4.74 Å². The summed E-state index contributed by atoms with van der Waals surface area (Å²) < 4.78 is 5.05. The molecule has 0 spiro atoms. The number of para-hydroxylation sites is 1. The number of carbonyl (C=O) groups excluding carboxylic acids is 1. The minimum Gasteiger partial charge on any atom is -0.383 e. The summed E-state index contributed by atoms with van der Waals surface area (Å²) in [5.41, 5.74) is 3.07. The first kappa shape index (κ1) is 20.2. The Morgan fingerprint density at radius 1 is 1.23 bits per heavy atom. The van der Waals surface area contributed by atoms with Gasteiger partial charge in [-0.1, -0.05) is 18.2 Å². The average molecular weight is 410 g/mol. The molecule has 1 saturated heterocycles. The molecule has 0 unspecified atom stereocenters. The molecule has 2 aliphatic rings. The first-order chi connectivity index (χ1) is 14.6. The molecule has 0 radical (unpaired) electrons. The van der Waals surface area contributed by atoms with Gasteiger partial charge in [0.15, 0.2) is 0 Å². The smallest absolute Gasteiger partial charge is 0.269 e. The number of fused-ring (bicyclic) bond motifs is 3. The summed E-state index contributed by atoms with van der Waals surface area (Å²) in [6, 6.07) is 15.2. The number of methoxy groups -OCH3 is 1. The lowest BCUT2D eigenvalue weighted by molar-refractivity contribution is -0.384. The van der Waals surface area contributed by atoms with Crippen LogP contribution in [0, 0.1) is 16.0 Å². The van der Waals surface area contributed by atoms with E-state index < -0.39 is 0 Å². The molecule has 1 amide bonds. The lowest BCUT2D eigenvalue weighted by Gasteiger charge is -2.49. The van der Waals surface area contributed by atoms with Crippen LogP contribution < -0.4 is 15.1 Å². The molecule has 2 aromatic rings. The lowest BCUT2D eigenvalue weighted by Crippen LogP contribution is -2.61. The van der Waals surface area contributed by atoms with E-state index >= 15 is 0 Å². The number of anilines is 2. The number of amides is 1. The zero-order chi connectivity index (χ0) is 21.1. The summed E-state index contributed by atoms with van der Waals surface area (Å²) in [5.74, 6) is -0.322. The summed E-state index contributed by atoms with van der Waals surface area (Å²) in [5, 5.41) is 14.2. The number of ether oxygens (including phenoxy) is 1. The predicted molar refractivity (Wildman–Crippen MR) is 115 cm³/mol. The van der Waals surface area contributed by atoms with E-state index in [2.05, 4.69) is 27.2 Å². The third kappa shape index (κ3) is 3.95. The molecular weight excluding hydrogens is 384 g/mol. The van der Waals surface area contributed by atoms with Gasteiger partial charge in [0, 0.05) is 56.8 Å². The Kier molecular flexibility index (Phi) is 5.85. The largest absolute Gasteiger partial charge is 0.383 e. The molecule has 0 bridgehead atoms. The van der Waals surface area contributed by atoms with E-state index in [1.54, 1.807) is 19.2 Å². The molecule has 158 valence electrons. The predicted octanol–water partition coefficient (Wildman–Crippen LogP) is 2.22. The van der Waals surface area contributed by atoms with Crippen LogP contribution in [-0.4, -0.2) is 56.8 Å². The Labute approximate surface area is 175 Å². The highest BCUT2D eigenvalue weighted by Gasteiger charge is 2.42. The molecule has 8 nitrogen and oxygen atoms in total. The van der Waals surface area contributed by atoms with Crippen LogP contribution in [0.3, 0.4) is 0 Å². The molecule has 1 N–H and O–H groups in total. The average Bonchev–Trinajstić information content (AvgIpc) is 2.78. The van der Waals surface area contributed by atoms with E-state index in [1.165, 1.54) is 0 Å². The van der Waals surface area contributed by atoms with E-state index in [-0.39, 0.29) is 28.5 Å². The Hall–Kier alpha value is -3.13. The van der Waals surface area contributed by atoms with Gasteiger partial charge in [0.05, 0.1) is 23.5 Å². The van der Waals surface area contributed by atoms with E-state index in [0.29, 0.717) is 19.6 Å².